The van der Waals surface area contributed by atoms with E-state index in [2.05, 4.69) is 10.5 Å². The predicted molar refractivity (Wildman–Crippen MR) is 89.0 cm³/mol. The molecule has 0 saturated carbocycles. The third kappa shape index (κ3) is 4.44. The molecule has 6 heteroatoms. The Bertz CT molecular complexity index is 717. The highest BCUT2D eigenvalue weighted by atomic mass is 16.5. The molecule has 0 fully saturated rings. The van der Waals surface area contributed by atoms with Gasteiger partial charge in [-0.15, -0.1) is 0 Å². The largest absolute Gasteiger partial charge is 0.478 e. The summed E-state index contributed by atoms with van der Waals surface area (Å²) in [5.74, 6) is -0.309. The maximum Gasteiger partial charge on any atom is 0.335 e. The van der Waals surface area contributed by atoms with Gasteiger partial charge in [0.1, 0.15) is 5.76 Å². The summed E-state index contributed by atoms with van der Waals surface area (Å²) < 4.78 is 5.12. The lowest BCUT2D eigenvalue weighted by molar-refractivity contribution is -0.121. The van der Waals surface area contributed by atoms with Crippen molar-refractivity contribution < 1.29 is 19.2 Å². The van der Waals surface area contributed by atoms with Crippen LogP contribution < -0.4 is 5.32 Å². The molecule has 6 nitrogen and oxygen atoms in total. The molecule has 1 heterocycles. The van der Waals surface area contributed by atoms with Crippen LogP contribution in [0.1, 0.15) is 46.3 Å². The lowest BCUT2D eigenvalue weighted by Gasteiger charge is -2.14. The van der Waals surface area contributed by atoms with Crippen LogP contribution in [0.15, 0.2) is 28.8 Å². The van der Waals surface area contributed by atoms with Crippen molar-refractivity contribution in [3.63, 3.8) is 0 Å². The summed E-state index contributed by atoms with van der Waals surface area (Å²) in [4.78, 5) is 23.3. The van der Waals surface area contributed by atoms with Crippen molar-refractivity contribution >= 4 is 11.9 Å². The normalized spacial score (nSPS) is 12.0. The van der Waals surface area contributed by atoms with Crippen LogP contribution in [0.5, 0.6) is 0 Å². The molecule has 1 atom stereocenters. The molecule has 1 unspecified atom stereocenters. The minimum Gasteiger partial charge on any atom is -0.478 e. The van der Waals surface area contributed by atoms with Gasteiger partial charge in [0.05, 0.1) is 11.3 Å². The van der Waals surface area contributed by atoms with Crippen molar-refractivity contribution in [2.75, 3.05) is 0 Å². The van der Waals surface area contributed by atoms with E-state index in [1.807, 2.05) is 20.8 Å². The van der Waals surface area contributed by atoms with E-state index < -0.39 is 5.97 Å². The maximum atomic E-state index is 12.1. The van der Waals surface area contributed by atoms with Gasteiger partial charge < -0.3 is 14.9 Å². The zero-order chi connectivity index (χ0) is 17.7. The number of nitrogens with zero attached hydrogens (tertiary/aromatic N) is 1. The molecule has 2 N–H and O–H groups in total. The summed E-state index contributed by atoms with van der Waals surface area (Å²) in [5, 5.41) is 16.0. The lowest BCUT2D eigenvalue weighted by Crippen LogP contribution is -2.34. The van der Waals surface area contributed by atoms with Crippen LogP contribution in [0.25, 0.3) is 0 Å². The Morgan fingerprint density at radius 3 is 2.62 bits per heavy atom. The number of aromatic nitrogens is 1. The first-order chi connectivity index (χ1) is 11.4. The second kappa shape index (κ2) is 7.77. The van der Waals surface area contributed by atoms with E-state index in [0.29, 0.717) is 18.4 Å². The van der Waals surface area contributed by atoms with Crippen LogP contribution in [-0.2, 0) is 17.6 Å². The molecule has 128 valence electrons. The number of hydrogen-bond acceptors (Lipinski definition) is 4. The van der Waals surface area contributed by atoms with Crippen molar-refractivity contribution in [1.29, 1.82) is 0 Å². The SMILES string of the molecule is Cc1noc(C)c1CC(C)NC(=O)CCc1ccccc1C(=O)O. The molecule has 0 radical (unpaired) electrons. The maximum absolute atomic E-state index is 12.1. The first kappa shape index (κ1) is 17.7. The van der Waals surface area contributed by atoms with Crippen LogP contribution in [0.4, 0.5) is 0 Å². The van der Waals surface area contributed by atoms with Gasteiger partial charge in [0.2, 0.25) is 5.91 Å². The van der Waals surface area contributed by atoms with Crippen LogP contribution in [0, 0.1) is 13.8 Å². The van der Waals surface area contributed by atoms with Gasteiger partial charge in [-0.3, -0.25) is 4.79 Å². The van der Waals surface area contributed by atoms with Gasteiger partial charge in [0.15, 0.2) is 0 Å². The highest BCUT2D eigenvalue weighted by Crippen LogP contribution is 2.15. The smallest absolute Gasteiger partial charge is 0.335 e. The molecule has 0 aliphatic rings. The van der Waals surface area contributed by atoms with Crippen LogP contribution >= 0.6 is 0 Å². The second-order valence-corrected chi connectivity index (χ2v) is 5.94. The Hall–Kier alpha value is -2.63. The van der Waals surface area contributed by atoms with Gasteiger partial charge >= 0.3 is 5.97 Å². The molecule has 0 aliphatic carbocycles. The Morgan fingerprint density at radius 1 is 1.29 bits per heavy atom. The minimum absolute atomic E-state index is 0.0518. The number of carboxylic acids is 1. The fraction of sp³-hybridized carbons (Fsp3) is 0.389. The molecule has 0 saturated heterocycles. The van der Waals surface area contributed by atoms with Crippen molar-refractivity contribution in [3.05, 3.63) is 52.4 Å². The third-order valence-corrected chi connectivity index (χ3v) is 3.97. The average Bonchev–Trinajstić information content (AvgIpc) is 2.85. The van der Waals surface area contributed by atoms with E-state index in [1.165, 1.54) is 0 Å². The van der Waals surface area contributed by atoms with Gasteiger partial charge in [-0.25, -0.2) is 4.79 Å². The predicted octanol–water partition coefficient (Wildman–Crippen LogP) is 2.67. The van der Waals surface area contributed by atoms with Crippen LogP contribution in [0.3, 0.4) is 0 Å². The summed E-state index contributed by atoms with van der Waals surface area (Å²) in [5.41, 5.74) is 2.76. The number of benzene rings is 1. The molecular formula is C18H22N2O4. The molecule has 2 aromatic rings. The zero-order valence-corrected chi connectivity index (χ0v) is 14.1. The van der Waals surface area contributed by atoms with Crippen molar-refractivity contribution in [2.24, 2.45) is 0 Å². The van der Waals surface area contributed by atoms with Crippen LogP contribution in [0.2, 0.25) is 0 Å². The summed E-state index contributed by atoms with van der Waals surface area (Å²) in [6, 6.07) is 6.70. The zero-order valence-electron chi connectivity index (χ0n) is 14.1. The monoisotopic (exact) mass is 330 g/mol. The molecule has 1 aromatic carbocycles. The van der Waals surface area contributed by atoms with Crippen molar-refractivity contribution in [3.8, 4) is 0 Å². The van der Waals surface area contributed by atoms with Gasteiger partial charge in [-0.1, -0.05) is 23.4 Å². The lowest BCUT2D eigenvalue weighted by atomic mass is 10.0. The standard InChI is InChI=1S/C18H22N2O4/c1-11(10-16-12(2)20-24-13(16)3)19-17(21)9-8-14-6-4-5-7-15(14)18(22)23/h4-7,11H,8-10H2,1-3H3,(H,19,21)(H,22,23). The summed E-state index contributed by atoms with van der Waals surface area (Å²) >= 11 is 0. The molecule has 0 spiro atoms. The molecule has 24 heavy (non-hydrogen) atoms. The van der Waals surface area contributed by atoms with Gasteiger partial charge in [-0.2, -0.15) is 0 Å². The van der Waals surface area contributed by atoms with E-state index >= 15 is 0 Å². The Labute approximate surface area is 140 Å². The number of carbonyl (C=O) groups excluding carboxylic acids is 1. The minimum atomic E-state index is -0.974. The Balaban J connectivity index is 1.89. The number of nitrogens with one attached hydrogen (secondary N) is 1. The third-order valence-electron chi connectivity index (χ3n) is 3.97. The van der Waals surface area contributed by atoms with Crippen LogP contribution in [-0.4, -0.2) is 28.2 Å². The van der Waals surface area contributed by atoms with E-state index in [4.69, 9.17) is 9.63 Å². The van der Waals surface area contributed by atoms with E-state index in [-0.39, 0.29) is 23.9 Å². The number of amides is 1. The van der Waals surface area contributed by atoms with E-state index in [1.54, 1.807) is 24.3 Å². The number of aromatic carboxylic acids is 1. The quantitative estimate of drug-likeness (QED) is 0.814. The second-order valence-electron chi connectivity index (χ2n) is 5.94. The Kier molecular flexibility index (Phi) is 5.73. The van der Waals surface area contributed by atoms with Gasteiger partial charge in [0.25, 0.3) is 0 Å². The number of carboxylic acid groups (broad SMARTS) is 1. The summed E-state index contributed by atoms with van der Waals surface area (Å²) in [6.07, 6.45) is 1.29. The first-order valence-corrected chi connectivity index (χ1v) is 7.90. The fourth-order valence-corrected chi connectivity index (χ4v) is 2.69. The number of aryl methyl sites for hydroxylation is 3. The Morgan fingerprint density at radius 2 is 2.00 bits per heavy atom. The average molecular weight is 330 g/mol. The highest BCUT2D eigenvalue weighted by molar-refractivity contribution is 5.89. The summed E-state index contributed by atoms with van der Waals surface area (Å²) in [6.45, 7) is 5.66. The number of carbonyl (C=O) groups is 2. The molecular weight excluding hydrogens is 308 g/mol. The van der Waals surface area contributed by atoms with Gasteiger partial charge in [0, 0.05) is 18.0 Å². The number of hydrogen-bond donors (Lipinski definition) is 2. The highest BCUT2D eigenvalue weighted by Gasteiger charge is 2.15. The molecule has 1 amide bonds. The fourth-order valence-electron chi connectivity index (χ4n) is 2.69. The van der Waals surface area contributed by atoms with E-state index in [9.17, 15) is 9.59 Å². The van der Waals surface area contributed by atoms with Crippen molar-refractivity contribution in [2.45, 2.75) is 46.1 Å². The van der Waals surface area contributed by atoms with E-state index in [0.717, 1.165) is 17.0 Å². The first-order valence-electron chi connectivity index (χ1n) is 7.90. The molecule has 1 aromatic heterocycles. The molecule has 0 bridgehead atoms. The van der Waals surface area contributed by atoms with Gasteiger partial charge in [-0.05, 0) is 45.2 Å². The summed E-state index contributed by atoms with van der Waals surface area (Å²) in [7, 11) is 0. The number of rotatable bonds is 7. The molecule has 0 aliphatic heterocycles. The van der Waals surface area contributed by atoms with Crippen molar-refractivity contribution in [1.82, 2.24) is 10.5 Å². The molecule has 2 rings (SSSR count). The topological polar surface area (TPSA) is 92.4 Å².